The van der Waals surface area contributed by atoms with E-state index in [9.17, 15) is 13.2 Å². The van der Waals surface area contributed by atoms with E-state index in [1.165, 1.54) is 0 Å². The first kappa shape index (κ1) is 18.2. The quantitative estimate of drug-likeness (QED) is 0.862. The van der Waals surface area contributed by atoms with Crippen LogP contribution in [-0.2, 0) is 26.7 Å². The van der Waals surface area contributed by atoms with Crippen molar-refractivity contribution in [2.75, 3.05) is 17.6 Å². The van der Waals surface area contributed by atoms with Crippen molar-refractivity contribution in [1.82, 2.24) is 4.31 Å². The van der Waals surface area contributed by atoms with E-state index in [0.717, 1.165) is 23.2 Å². The van der Waals surface area contributed by atoms with Crippen LogP contribution in [0.15, 0.2) is 54.6 Å². The number of benzene rings is 2. The van der Waals surface area contributed by atoms with Gasteiger partial charge in [-0.15, -0.1) is 0 Å². The van der Waals surface area contributed by atoms with Gasteiger partial charge in [0.1, 0.15) is 0 Å². The predicted molar refractivity (Wildman–Crippen MR) is 106 cm³/mol. The van der Waals surface area contributed by atoms with Gasteiger partial charge in [-0.1, -0.05) is 48.5 Å². The summed E-state index contributed by atoms with van der Waals surface area (Å²) in [5.74, 6) is -0.0238. The molecule has 142 valence electrons. The molecule has 6 heteroatoms. The Morgan fingerprint density at radius 1 is 1.11 bits per heavy atom. The van der Waals surface area contributed by atoms with Crippen molar-refractivity contribution in [3.05, 3.63) is 65.7 Å². The zero-order valence-electron chi connectivity index (χ0n) is 15.4. The fraction of sp³-hybridized carbons (Fsp3) is 0.381. The molecule has 5 nitrogen and oxygen atoms in total. The molecular formula is C21H24N2O3S. The Hall–Kier alpha value is -2.18. The van der Waals surface area contributed by atoms with Gasteiger partial charge in [0.25, 0.3) is 0 Å². The zero-order valence-corrected chi connectivity index (χ0v) is 16.2. The van der Waals surface area contributed by atoms with Crippen molar-refractivity contribution in [1.29, 1.82) is 0 Å². The number of nitrogens with one attached hydrogen (secondary N) is 1. The first-order valence-corrected chi connectivity index (χ1v) is 11.0. The van der Waals surface area contributed by atoms with Crippen LogP contribution in [0.5, 0.6) is 0 Å². The first-order valence-electron chi connectivity index (χ1n) is 9.43. The molecule has 4 rings (SSSR count). The Kier molecular flexibility index (Phi) is 4.56. The van der Waals surface area contributed by atoms with Crippen LogP contribution in [0.2, 0.25) is 0 Å². The fourth-order valence-corrected chi connectivity index (χ4v) is 5.98. The lowest BCUT2D eigenvalue weighted by Crippen LogP contribution is -2.49. The summed E-state index contributed by atoms with van der Waals surface area (Å²) in [4.78, 5) is 13.1. The molecule has 0 aromatic heterocycles. The number of aryl methyl sites for hydroxylation is 1. The van der Waals surface area contributed by atoms with Gasteiger partial charge >= 0.3 is 0 Å². The number of amides is 1. The third-order valence-corrected chi connectivity index (χ3v) is 7.86. The Labute approximate surface area is 160 Å². The van der Waals surface area contributed by atoms with Gasteiger partial charge in [0.15, 0.2) is 0 Å². The highest BCUT2D eigenvalue weighted by Crippen LogP contribution is 2.50. The molecule has 1 spiro atoms. The Balaban J connectivity index is 1.76. The lowest BCUT2D eigenvalue weighted by atomic mass is 9.73. The van der Waals surface area contributed by atoms with Crippen LogP contribution in [-0.4, -0.2) is 37.0 Å². The summed E-state index contributed by atoms with van der Waals surface area (Å²) in [6, 6.07) is 17.3. The number of rotatable bonds is 5. The minimum Gasteiger partial charge on any atom is -0.325 e. The minimum atomic E-state index is -3.39. The van der Waals surface area contributed by atoms with Gasteiger partial charge in [0.2, 0.25) is 15.9 Å². The van der Waals surface area contributed by atoms with Crippen molar-refractivity contribution >= 4 is 21.6 Å². The van der Waals surface area contributed by atoms with Crippen LogP contribution in [0.25, 0.3) is 0 Å². The SMILES string of the molecule is CCS(=O)(=O)N1CC[C@]2(C(=O)Nc3ccccc32)[C@@H]1CCc1ccccc1. The van der Waals surface area contributed by atoms with Crippen molar-refractivity contribution in [2.45, 2.75) is 37.6 Å². The number of hydrogen-bond donors (Lipinski definition) is 1. The Bertz CT molecular complexity index is 958. The third-order valence-electron chi connectivity index (χ3n) is 5.98. The summed E-state index contributed by atoms with van der Waals surface area (Å²) in [5.41, 5.74) is 2.10. The molecule has 0 radical (unpaired) electrons. The van der Waals surface area contributed by atoms with Gasteiger partial charge in [-0.2, -0.15) is 4.31 Å². The monoisotopic (exact) mass is 384 g/mol. The van der Waals surface area contributed by atoms with Gasteiger partial charge in [0.05, 0.1) is 11.2 Å². The first-order chi connectivity index (χ1) is 13.0. The number of nitrogens with zero attached hydrogens (tertiary/aromatic N) is 1. The molecule has 0 aliphatic carbocycles. The van der Waals surface area contributed by atoms with Gasteiger partial charge in [0, 0.05) is 18.3 Å². The molecule has 1 N–H and O–H groups in total. The molecule has 0 unspecified atom stereocenters. The maximum atomic E-state index is 13.1. The lowest BCUT2D eigenvalue weighted by molar-refractivity contribution is -0.121. The molecule has 27 heavy (non-hydrogen) atoms. The molecule has 2 atom stereocenters. The highest BCUT2D eigenvalue weighted by molar-refractivity contribution is 7.89. The highest BCUT2D eigenvalue weighted by Gasteiger charge is 2.59. The smallest absolute Gasteiger partial charge is 0.236 e. The topological polar surface area (TPSA) is 66.5 Å². The van der Waals surface area contributed by atoms with Crippen molar-refractivity contribution in [2.24, 2.45) is 0 Å². The zero-order chi connectivity index (χ0) is 19.1. The highest BCUT2D eigenvalue weighted by atomic mass is 32.2. The molecule has 1 saturated heterocycles. The Morgan fingerprint density at radius 3 is 2.56 bits per heavy atom. The molecule has 1 amide bonds. The van der Waals surface area contributed by atoms with Crippen molar-refractivity contribution < 1.29 is 13.2 Å². The summed E-state index contributed by atoms with van der Waals surface area (Å²) in [6.45, 7) is 2.05. The molecule has 2 aliphatic rings. The third kappa shape index (κ3) is 2.87. The van der Waals surface area contributed by atoms with E-state index in [1.54, 1.807) is 11.2 Å². The number of sulfonamides is 1. The van der Waals surface area contributed by atoms with Crippen LogP contribution in [0.1, 0.15) is 30.9 Å². The van der Waals surface area contributed by atoms with Crippen LogP contribution in [0.3, 0.4) is 0 Å². The molecule has 0 bridgehead atoms. The molecule has 2 aliphatic heterocycles. The number of anilines is 1. The number of fused-ring (bicyclic) bond motifs is 2. The predicted octanol–water partition coefficient (Wildman–Crippen LogP) is 2.93. The van der Waals surface area contributed by atoms with E-state index < -0.39 is 15.4 Å². The van der Waals surface area contributed by atoms with Gasteiger partial charge in [-0.3, -0.25) is 4.79 Å². The van der Waals surface area contributed by atoms with E-state index in [4.69, 9.17) is 0 Å². The molecular weight excluding hydrogens is 360 g/mol. The molecule has 2 aromatic carbocycles. The Morgan fingerprint density at radius 2 is 1.81 bits per heavy atom. The van der Waals surface area contributed by atoms with Crippen molar-refractivity contribution in [3.63, 3.8) is 0 Å². The molecule has 1 fully saturated rings. The molecule has 2 heterocycles. The van der Waals surface area contributed by atoms with Crippen LogP contribution >= 0.6 is 0 Å². The second kappa shape index (κ2) is 6.77. The summed E-state index contributed by atoms with van der Waals surface area (Å²) in [6.07, 6.45) is 1.87. The van der Waals surface area contributed by atoms with Crippen molar-refractivity contribution in [3.8, 4) is 0 Å². The van der Waals surface area contributed by atoms with Gasteiger partial charge in [-0.05, 0) is 43.4 Å². The van der Waals surface area contributed by atoms with E-state index in [2.05, 4.69) is 5.32 Å². The summed E-state index contributed by atoms with van der Waals surface area (Å²) in [7, 11) is -3.39. The van der Waals surface area contributed by atoms with E-state index in [0.29, 0.717) is 19.4 Å². The lowest BCUT2D eigenvalue weighted by Gasteiger charge is -2.33. The van der Waals surface area contributed by atoms with Crippen LogP contribution in [0, 0.1) is 0 Å². The maximum absolute atomic E-state index is 13.1. The average molecular weight is 385 g/mol. The number of hydrogen-bond acceptors (Lipinski definition) is 3. The largest absolute Gasteiger partial charge is 0.325 e. The second-order valence-corrected chi connectivity index (χ2v) is 9.48. The van der Waals surface area contributed by atoms with Crippen LogP contribution in [0.4, 0.5) is 5.69 Å². The van der Waals surface area contributed by atoms with E-state index >= 15 is 0 Å². The average Bonchev–Trinajstić information content (AvgIpc) is 3.21. The van der Waals surface area contributed by atoms with E-state index in [-0.39, 0.29) is 17.7 Å². The number of carbonyl (C=O) groups excluding carboxylic acids is 1. The molecule has 2 aromatic rings. The van der Waals surface area contributed by atoms with Crippen LogP contribution < -0.4 is 5.32 Å². The standard InChI is InChI=1S/C21H24N2O3S/c1-2-27(25,26)23-15-14-21(17-10-6-7-11-18(17)22-20(21)24)19(23)13-12-16-8-4-3-5-9-16/h3-11,19H,2,12-15H2,1H3,(H,22,24)/t19-,21+/m0/s1. The van der Waals surface area contributed by atoms with Gasteiger partial charge in [-0.25, -0.2) is 8.42 Å². The van der Waals surface area contributed by atoms with E-state index in [1.807, 2.05) is 54.6 Å². The summed E-state index contributed by atoms with van der Waals surface area (Å²) < 4.78 is 27.1. The number of carbonyl (C=O) groups is 1. The normalized spacial score (nSPS) is 24.9. The minimum absolute atomic E-state index is 0.0498. The molecule has 0 saturated carbocycles. The second-order valence-electron chi connectivity index (χ2n) is 7.27. The maximum Gasteiger partial charge on any atom is 0.236 e. The summed E-state index contributed by atoms with van der Waals surface area (Å²) in [5, 5.41) is 2.99. The number of para-hydroxylation sites is 1. The van der Waals surface area contributed by atoms with Gasteiger partial charge < -0.3 is 5.32 Å². The summed E-state index contributed by atoms with van der Waals surface area (Å²) >= 11 is 0. The fourth-order valence-electron chi connectivity index (χ4n) is 4.61.